The second-order valence-electron chi connectivity index (χ2n) is 9.49. The second kappa shape index (κ2) is 7.75. The molecule has 0 N–H and O–H groups in total. The second-order valence-corrected chi connectivity index (χ2v) is 9.49. The number of amides is 2. The van der Waals surface area contributed by atoms with Crippen molar-refractivity contribution in [1.82, 2.24) is 9.80 Å². The van der Waals surface area contributed by atoms with Crippen LogP contribution in [-0.2, 0) is 16.0 Å². The molecule has 1 aromatic carbocycles. The number of carbonyl (C=O) groups is 2. The third-order valence-corrected chi connectivity index (χ3v) is 7.70. The molecule has 5 heteroatoms. The number of fused-ring (bicyclic) bond motifs is 5. The minimum Gasteiger partial charge on any atom is -0.336 e. The lowest BCUT2D eigenvalue weighted by Gasteiger charge is -2.56. The van der Waals surface area contributed by atoms with Gasteiger partial charge in [0.2, 0.25) is 11.8 Å². The molecule has 0 spiro atoms. The number of rotatable bonds is 4. The summed E-state index contributed by atoms with van der Waals surface area (Å²) in [6.07, 6.45) is 7.31. The Morgan fingerprint density at radius 1 is 1.14 bits per heavy atom. The fourth-order valence-electron chi connectivity index (χ4n) is 6.54. The Hall–Kier alpha value is -1.88. The molecule has 156 valence electrons. The van der Waals surface area contributed by atoms with E-state index in [4.69, 9.17) is 0 Å². The molecule has 4 heterocycles. The summed E-state index contributed by atoms with van der Waals surface area (Å²) < 4.78 is 0. The van der Waals surface area contributed by atoms with Crippen molar-refractivity contribution in [3.05, 3.63) is 29.8 Å². The van der Waals surface area contributed by atoms with Crippen LogP contribution < -0.4 is 4.90 Å². The van der Waals surface area contributed by atoms with Gasteiger partial charge in [0, 0.05) is 43.8 Å². The van der Waals surface area contributed by atoms with Crippen molar-refractivity contribution >= 4 is 17.5 Å². The van der Waals surface area contributed by atoms with E-state index in [1.807, 2.05) is 11.0 Å². The highest BCUT2D eigenvalue weighted by Crippen LogP contribution is 2.43. The molecule has 0 unspecified atom stereocenters. The zero-order valence-electron chi connectivity index (χ0n) is 17.6. The van der Waals surface area contributed by atoms with Gasteiger partial charge in [0.1, 0.15) is 0 Å². The number of carbonyl (C=O) groups excluding carboxylic acids is 2. The topological polar surface area (TPSA) is 43.9 Å². The van der Waals surface area contributed by atoms with Crippen molar-refractivity contribution in [2.75, 3.05) is 31.1 Å². The quantitative estimate of drug-likeness (QED) is 0.787. The maximum absolute atomic E-state index is 13.2. The molecule has 5 rings (SSSR count). The van der Waals surface area contributed by atoms with Crippen LogP contribution in [0.5, 0.6) is 0 Å². The molecule has 0 aromatic heterocycles. The smallest absolute Gasteiger partial charge is 0.241 e. The van der Waals surface area contributed by atoms with E-state index in [1.165, 1.54) is 12.0 Å². The molecule has 0 radical (unpaired) electrons. The highest BCUT2D eigenvalue weighted by Gasteiger charge is 2.49. The zero-order valence-corrected chi connectivity index (χ0v) is 17.6. The first kappa shape index (κ1) is 19.1. The van der Waals surface area contributed by atoms with Gasteiger partial charge in [0.25, 0.3) is 0 Å². The number of hydrogen-bond donors (Lipinski definition) is 0. The third kappa shape index (κ3) is 3.37. The highest BCUT2D eigenvalue weighted by atomic mass is 16.2. The van der Waals surface area contributed by atoms with Crippen LogP contribution in [0.1, 0.15) is 51.0 Å². The van der Waals surface area contributed by atoms with Crippen LogP contribution in [0, 0.1) is 11.8 Å². The lowest BCUT2D eigenvalue weighted by Crippen LogP contribution is -2.65. The van der Waals surface area contributed by atoms with Crippen molar-refractivity contribution < 1.29 is 9.59 Å². The number of para-hydroxylation sites is 1. The Bertz CT molecular complexity index is 794. The van der Waals surface area contributed by atoms with Gasteiger partial charge in [-0.1, -0.05) is 31.5 Å². The van der Waals surface area contributed by atoms with Gasteiger partial charge in [0.05, 0.1) is 6.54 Å². The summed E-state index contributed by atoms with van der Waals surface area (Å²) >= 11 is 0. The van der Waals surface area contributed by atoms with E-state index in [1.54, 1.807) is 0 Å². The van der Waals surface area contributed by atoms with Crippen LogP contribution in [0.25, 0.3) is 0 Å². The summed E-state index contributed by atoms with van der Waals surface area (Å²) in [5.74, 6) is 1.67. The highest BCUT2D eigenvalue weighted by molar-refractivity contribution is 5.96. The average molecular weight is 396 g/mol. The number of piperidine rings is 3. The first-order valence-corrected chi connectivity index (χ1v) is 11.6. The summed E-state index contributed by atoms with van der Waals surface area (Å²) in [5.41, 5.74) is 2.39. The van der Waals surface area contributed by atoms with Crippen LogP contribution in [0.3, 0.4) is 0 Å². The van der Waals surface area contributed by atoms with E-state index in [9.17, 15) is 9.59 Å². The van der Waals surface area contributed by atoms with Gasteiger partial charge in [-0.2, -0.15) is 0 Å². The zero-order chi connectivity index (χ0) is 20.0. The van der Waals surface area contributed by atoms with Crippen LogP contribution in [0.2, 0.25) is 0 Å². The Balaban J connectivity index is 1.31. The van der Waals surface area contributed by atoms with Gasteiger partial charge in [-0.3, -0.25) is 14.5 Å². The lowest BCUT2D eigenvalue weighted by molar-refractivity contribution is -0.153. The Morgan fingerprint density at radius 2 is 1.97 bits per heavy atom. The molecule has 0 saturated carbocycles. The molecule has 4 atom stereocenters. The molecular weight excluding hydrogens is 362 g/mol. The summed E-state index contributed by atoms with van der Waals surface area (Å²) in [5, 5.41) is 0. The minimum absolute atomic E-state index is 0.235. The number of nitrogens with zero attached hydrogens (tertiary/aromatic N) is 3. The summed E-state index contributed by atoms with van der Waals surface area (Å²) in [7, 11) is 0. The van der Waals surface area contributed by atoms with Crippen LogP contribution in [0.15, 0.2) is 24.3 Å². The molecule has 0 aliphatic carbocycles. The van der Waals surface area contributed by atoms with Crippen molar-refractivity contribution in [2.45, 2.75) is 64.0 Å². The fourth-order valence-corrected chi connectivity index (χ4v) is 6.54. The van der Waals surface area contributed by atoms with Gasteiger partial charge in [-0.25, -0.2) is 0 Å². The maximum Gasteiger partial charge on any atom is 0.241 e. The molecule has 2 bridgehead atoms. The maximum atomic E-state index is 13.2. The van der Waals surface area contributed by atoms with Gasteiger partial charge >= 0.3 is 0 Å². The Kier molecular flexibility index (Phi) is 5.10. The Labute approximate surface area is 174 Å². The third-order valence-electron chi connectivity index (χ3n) is 7.70. The lowest BCUT2D eigenvalue weighted by atomic mass is 9.71. The standard InChI is InChI=1S/C24H33N3O2/c1-2-6-21-18-13-19(22-9-5-10-23(28)27(21)22)15-25(14-18)16-24(29)26-12-11-17-7-3-4-8-20(17)26/h3-4,7-8,18-19,21-22H,2,5-6,9-16H2,1H3/t18-,19+,21-,22-/m0/s1. The van der Waals surface area contributed by atoms with Crippen molar-refractivity contribution in [2.24, 2.45) is 11.8 Å². The predicted octanol–water partition coefficient (Wildman–Crippen LogP) is 3.08. The van der Waals surface area contributed by atoms with E-state index < -0.39 is 0 Å². The number of likely N-dealkylation sites (tertiary alicyclic amines) is 1. The summed E-state index contributed by atoms with van der Waals surface area (Å²) in [6, 6.07) is 9.07. The van der Waals surface area contributed by atoms with Gasteiger partial charge in [-0.05, 0) is 55.6 Å². The van der Waals surface area contributed by atoms with E-state index in [0.29, 0.717) is 36.4 Å². The first-order chi connectivity index (χ1) is 14.2. The first-order valence-electron chi connectivity index (χ1n) is 11.6. The van der Waals surface area contributed by atoms with E-state index in [0.717, 1.165) is 63.8 Å². The van der Waals surface area contributed by atoms with E-state index in [2.05, 4.69) is 34.9 Å². The van der Waals surface area contributed by atoms with E-state index >= 15 is 0 Å². The Morgan fingerprint density at radius 3 is 2.83 bits per heavy atom. The van der Waals surface area contributed by atoms with Crippen molar-refractivity contribution in [1.29, 1.82) is 0 Å². The monoisotopic (exact) mass is 395 g/mol. The minimum atomic E-state index is 0.235. The molecular formula is C24H33N3O2. The summed E-state index contributed by atoms with van der Waals surface area (Å²) in [6.45, 7) is 5.47. The molecule has 5 nitrogen and oxygen atoms in total. The van der Waals surface area contributed by atoms with E-state index in [-0.39, 0.29) is 5.91 Å². The normalized spacial score (nSPS) is 31.6. The molecule has 2 amide bonds. The number of benzene rings is 1. The molecule has 1 aromatic rings. The molecule has 4 aliphatic heterocycles. The fraction of sp³-hybridized carbons (Fsp3) is 0.667. The number of hydrogen-bond acceptors (Lipinski definition) is 3. The largest absolute Gasteiger partial charge is 0.336 e. The van der Waals surface area contributed by atoms with Crippen LogP contribution >= 0.6 is 0 Å². The molecule has 29 heavy (non-hydrogen) atoms. The van der Waals surface area contributed by atoms with Crippen LogP contribution in [0.4, 0.5) is 5.69 Å². The van der Waals surface area contributed by atoms with Crippen molar-refractivity contribution in [3.63, 3.8) is 0 Å². The van der Waals surface area contributed by atoms with Crippen LogP contribution in [-0.4, -0.2) is 59.9 Å². The number of anilines is 1. The van der Waals surface area contributed by atoms with Crippen molar-refractivity contribution in [3.8, 4) is 0 Å². The van der Waals surface area contributed by atoms with Gasteiger partial charge < -0.3 is 9.80 Å². The van der Waals surface area contributed by atoms with Gasteiger partial charge in [0.15, 0.2) is 0 Å². The molecule has 3 fully saturated rings. The average Bonchev–Trinajstić information content (AvgIpc) is 3.15. The molecule has 3 saturated heterocycles. The SMILES string of the molecule is CCC[C@H]1[C@H]2C[C@H](CN(CC(=O)N3CCc4ccccc43)C2)[C@@H]2CCCC(=O)N21. The summed E-state index contributed by atoms with van der Waals surface area (Å²) in [4.78, 5) is 32.6. The molecule has 4 aliphatic rings. The predicted molar refractivity (Wildman–Crippen MR) is 114 cm³/mol. The van der Waals surface area contributed by atoms with Gasteiger partial charge in [-0.15, -0.1) is 0 Å².